The summed E-state index contributed by atoms with van der Waals surface area (Å²) in [4.78, 5) is 33.4. The summed E-state index contributed by atoms with van der Waals surface area (Å²) in [6.07, 6.45) is 1.16. The Kier molecular flexibility index (Phi) is 4.22. The van der Waals surface area contributed by atoms with E-state index in [1.165, 1.54) is 4.57 Å². The van der Waals surface area contributed by atoms with Crippen molar-refractivity contribution in [2.24, 2.45) is 0 Å². The maximum absolute atomic E-state index is 12.8. The Hall–Kier alpha value is -3.87. The topological polar surface area (TPSA) is 89.0 Å². The molecular weight excluding hydrogens is 392 g/mol. The molecule has 0 saturated carbocycles. The first-order chi connectivity index (χ1) is 14.8. The molecule has 0 aliphatic carbocycles. The molecule has 0 bridgehead atoms. The van der Waals surface area contributed by atoms with Crippen molar-refractivity contribution in [3.05, 3.63) is 65.9 Å². The fourth-order valence-electron chi connectivity index (χ4n) is 3.87. The first kappa shape index (κ1) is 19.1. The van der Waals surface area contributed by atoms with Crippen LogP contribution in [0.5, 0.6) is 0 Å². The Labute approximate surface area is 179 Å². The molecule has 4 aromatic rings. The molecule has 0 atom stereocenters. The summed E-state index contributed by atoms with van der Waals surface area (Å²) in [6, 6.07) is 15.3. The molecule has 156 valence electrons. The summed E-state index contributed by atoms with van der Waals surface area (Å²) in [5, 5.41) is 2.88. The van der Waals surface area contributed by atoms with Gasteiger partial charge in [-0.15, -0.1) is 0 Å². The van der Waals surface area contributed by atoms with Gasteiger partial charge in [0.25, 0.3) is 5.91 Å². The lowest BCUT2D eigenvalue weighted by Crippen LogP contribution is -2.27. The fourth-order valence-corrected chi connectivity index (χ4v) is 3.87. The monoisotopic (exact) mass is 414 g/mol. The highest BCUT2D eigenvalue weighted by molar-refractivity contribution is 6.05. The van der Waals surface area contributed by atoms with Crippen molar-refractivity contribution in [3.8, 4) is 22.6 Å². The smallest absolute Gasteiger partial charge is 0.418 e. The third-order valence-corrected chi connectivity index (χ3v) is 5.16. The second kappa shape index (κ2) is 6.84. The van der Waals surface area contributed by atoms with E-state index in [0.29, 0.717) is 29.2 Å². The summed E-state index contributed by atoms with van der Waals surface area (Å²) >= 11 is 0. The average Bonchev–Trinajstić information content (AvgIpc) is 3.44. The summed E-state index contributed by atoms with van der Waals surface area (Å²) in [5.41, 5.74) is 4.72. The van der Waals surface area contributed by atoms with E-state index in [-0.39, 0.29) is 5.91 Å². The number of aromatic amines is 1. The maximum atomic E-state index is 12.8. The van der Waals surface area contributed by atoms with Gasteiger partial charge in [0, 0.05) is 23.9 Å². The molecule has 5 rings (SSSR count). The van der Waals surface area contributed by atoms with Gasteiger partial charge in [-0.3, -0.25) is 9.36 Å². The molecule has 3 heterocycles. The molecule has 2 N–H and O–H groups in total. The number of fused-ring (bicyclic) bond motifs is 2. The number of nitrogens with one attached hydrogen (secondary N) is 2. The third-order valence-electron chi connectivity index (χ3n) is 5.16. The Morgan fingerprint density at radius 3 is 2.71 bits per heavy atom. The fraction of sp³-hybridized carbons (Fsp3) is 0.208. The largest absolute Gasteiger partial charge is 0.443 e. The van der Waals surface area contributed by atoms with Gasteiger partial charge in [-0.05, 0) is 62.7 Å². The van der Waals surface area contributed by atoms with Crippen LogP contribution in [0.2, 0.25) is 0 Å². The standard InChI is InChI=1S/C24H22N4O3/c1-24(2,3)31-23(30)28-10-6-9-19(28)16-12-14(11-15-13-25-22(29)20(15)16)21-26-17-7-4-5-8-18(17)27-21/h4-12H,13H2,1-3H3,(H,25,29)(H,26,27). The molecule has 1 amide bonds. The summed E-state index contributed by atoms with van der Waals surface area (Å²) in [5.74, 6) is 0.554. The van der Waals surface area contributed by atoms with Crippen LogP contribution in [0, 0.1) is 0 Å². The number of rotatable bonds is 2. The minimum absolute atomic E-state index is 0.155. The van der Waals surface area contributed by atoms with Gasteiger partial charge in [0.2, 0.25) is 0 Å². The number of carbonyl (C=O) groups excluding carboxylic acids is 2. The molecule has 0 fully saturated rings. The van der Waals surface area contributed by atoms with Crippen LogP contribution in [0.15, 0.2) is 54.7 Å². The number of H-pyrrole nitrogens is 1. The van der Waals surface area contributed by atoms with Crippen LogP contribution >= 0.6 is 0 Å². The van der Waals surface area contributed by atoms with Crippen molar-refractivity contribution in [1.29, 1.82) is 0 Å². The molecule has 31 heavy (non-hydrogen) atoms. The van der Waals surface area contributed by atoms with Gasteiger partial charge in [0.05, 0.1) is 22.3 Å². The highest BCUT2D eigenvalue weighted by atomic mass is 16.6. The van der Waals surface area contributed by atoms with Gasteiger partial charge >= 0.3 is 6.09 Å². The number of nitrogens with zero attached hydrogens (tertiary/aromatic N) is 2. The van der Waals surface area contributed by atoms with Gasteiger partial charge in [0.15, 0.2) is 0 Å². The normalized spacial score (nSPS) is 13.3. The minimum atomic E-state index is -0.631. The molecule has 2 aromatic carbocycles. The number of aromatic nitrogens is 3. The van der Waals surface area contributed by atoms with Crippen LogP contribution in [0.4, 0.5) is 4.79 Å². The Bertz CT molecular complexity index is 1310. The molecule has 1 aliphatic rings. The van der Waals surface area contributed by atoms with E-state index in [9.17, 15) is 9.59 Å². The van der Waals surface area contributed by atoms with E-state index in [4.69, 9.17) is 9.72 Å². The highest BCUT2D eigenvalue weighted by Gasteiger charge is 2.28. The first-order valence-corrected chi connectivity index (χ1v) is 10.1. The first-order valence-electron chi connectivity index (χ1n) is 10.1. The van der Waals surface area contributed by atoms with Crippen LogP contribution in [0.3, 0.4) is 0 Å². The Morgan fingerprint density at radius 2 is 1.94 bits per heavy atom. The van der Waals surface area contributed by atoms with Crippen LogP contribution in [-0.4, -0.2) is 32.1 Å². The molecular formula is C24H22N4O3. The second-order valence-corrected chi connectivity index (χ2v) is 8.59. The zero-order valence-electron chi connectivity index (χ0n) is 17.5. The lowest BCUT2D eigenvalue weighted by Gasteiger charge is -2.21. The van der Waals surface area contributed by atoms with Gasteiger partial charge in [-0.25, -0.2) is 9.78 Å². The number of hydrogen-bond donors (Lipinski definition) is 2. The number of hydrogen-bond acceptors (Lipinski definition) is 4. The molecule has 1 aliphatic heterocycles. The van der Waals surface area contributed by atoms with Crippen LogP contribution in [-0.2, 0) is 11.3 Å². The molecule has 0 unspecified atom stereocenters. The summed E-state index contributed by atoms with van der Waals surface area (Å²) < 4.78 is 6.99. The molecule has 7 heteroatoms. The Balaban J connectivity index is 1.67. The molecule has 7 nitrogen and oxygen atoms in total. The maximum Gasteiger partial charge on any atom is 0.418 e. The molecule has 0 spiro atoms. The Morgan fingerprint density at radius 1 is 1.13 bits per heavy atom. The quantitative estimate of drug-likeness (QED) is 0.496. The van der Waals surface area contributed by atoms with Gasteiger partial charge < -0.3 is 15.0 Å². The molecule has 2 aromatic heterocycles. The van der Waals surface area contributed by atoms with Crippen molar-refractivity contribution in [2.75, 3.05) is 0 Å². The van der Waals surface area contributed by atoms with Crippen molar-refractivity contribution in [1.82, 2.24) is 19.9 Å². The van der Waals surface area contributed by atoms with E-state index >= 15 is 0 Å². The number of carbonyl (C=O) groups is 2. The predicted molar refractivity (Wildman–Crippen MR) is 118 cm³/mol. The van der Waals surface area contributed by atoms with Crippen molar-refractivity contribution >= 4 is 23.0 Å². The lowest BCUT2D eigenvalue weighted by atomic mass is 9.96. The van der Waals surface area contributed by atoms with Crippen molar-refractivity contribution in [3.63, 3.8) is 0 Å². The van der Waals surface area contributed by atoms with Crippen molar-refractivity contribution < 1.29 is 14.3 Å². The van der Waals surface area contributed by atoms with Crippen LogP contribution in [0.25, 0.3) is 33.7 Å². The number of ether oxygens (including phenoxy) is 1. The molecule has 0 radical (unpaired) electrons. The van der Waals surface area contributed by atoms with E-state index in [0.717, 1.165) is 22.2 Å². The average molecular weight is 414 g/mol. The molecule has 0 saturated heterocycles. The summed E-state index contributed by atoms with van der Waals surface area (Å²) in [7, 11) is 0. The van der Waals surface area contributed by atoms with Crippen molar-refractivity contribution in [2.45, 2.75) is 32.9 Å². The highest BCUT2D eigenvalue weighted by Crippen LogP contribution is 2.35. The van der Waals surface area contributed by atoms with E-state index in [1.54, 1.807) is 12.3 Å². The summed E-state index contributed by atoms with van der Waals surface area (Å²) in [6.45, 7) is 5.90. The zero-order valence-corrected chi connectivity index (χ0v) is 17.5. The SMILES string of the molecule is CC(C)(C)OC(=O)n1cccc1-c1cc(-c2nc3ccccc3[nH]2)cc2c1C(=O)NC2. The van der Waals surface area contributed by atoms with Gasteiger partial charge in [-0.1, -0.05) is 12.1 Å². The van der Waals surface area contributed by atoms with E-state index < -0.39 is 11.7 Å². The van der Waals surface area contributed by atoms with Crippen LogP contribution in [0.1, 0.15) is 36.7 Å². The third kappa shape index (κ3) is 3.38. The lowest BCUT2D eigenvalue weighted by molar-refractivity contribution is 0.0540. The predicted octanol–water partition coefficient (Wildman–Crippen LogP) is 4.73. The zero-order chi connectivity index (χ0) is 21.8. The number of para-hydroxylation sites is 2. The van der Waals surface area contributed by atoms with Gasteiger partial charge in [-0.2, -0.15) is 0 Å². The number of benzene rings is 2. The second-order valence-electron chi connectivity index (χ2n) is 8.59. The number of imidazole rings is 1. The van der Waals surface area contributed by atoms with E-state index in [2.05, 4.69) is 10.3 Å². The van der Waals surface area contributed by atoms with Gasteiger partial charge in [0.1, 0.15) is 11.4 Å². The minimum Gasteiger partial charge on any atom is -0.443 e. The van der Waals surface area contributed by atoms with Crippen LogP contribution < -0.4 is 5.32 Å². The van der Waals surface area contributed by atoms with E-state index in [1.807, 2.05) is 63.2 Å². The number of amides is 1.